The molecular weight excluding hydrogens is 211 g/mol. The maximum atomic E-state index is 13.1. The van der Waals surface area contributed by atoms with E-state index in [-0.39, 0.29) is 11.2 Å². The molecule has 0 radical (unpaired) electrons. The summed E-state index contributed by atoms with van der Waals surface area (Å²) in [6, 6.07) is 3.62. The van der Waals surface area contributed by atoms with Gasteiger partial charge in [0, 0.05) is 17.2 Å². The van der Waals surface area contributed by atoms with Crippen molar-refractivity contribution in [3.63, 3.8) is 0 Å². The number of nitro benzene ring substituents is 1. The minimum absolute atomic E-state index is 0.00271. The predicted molar refractivity (Wildman–Crippen MR) is 57.8 cm³/mol. The number of nitrogens with one attached hydrogen (secondary N) is 1. The zero-order valence-electron chi connectivity index (χ0n) is 9.00. The van der Waals surface area contributed by atoms with E-state index in [0.717, 1.165) is 18.9 Å². The summed E-state index contributed by atoms with van der Waals surface area (Å²) in [5, 5.41) is 13.9. The molecule has 0 unspecified atom stereocenters. The van der Waals surface area contributed by atoms with Crippen LogP contribution >= 0.6 is 0 Å². The van der Waals surface area contributed by atoms with E-state index in [1.54, 1.807) is 0 Å². The van der Waals surface area contributed by atoms with Gasteiger partial charge in [-0.3, -0.25) is 10.1 Å². The molecular formula is C11H13FN2O2. The zero-order chi connectivity index (χ0) is 11.8. The van der Waals surface area contributed by atoms with Gasteiger partial charge in [0.05, 0.1) is 4.92 Å². The molecule has 0 amide bonds. The number of benzene rings is 1. The molecule has 1 saturated carbocycles. The van der Waals surface area contributed by atoms with Crippen molar-refractivity contribution in [3.8, 4) is 0 Å². The number of halogens is 1. The lowest BCUT2D eigenvalue weighted by molar-refractivity contribution is -0.385. The summed E-state index contributed by atoms with van der Waals surface area (Å²) in [7, 11) is 1.83. The number of rotatable bonds is 4. The molecule has 0 aromatic heterocycles. The molecule has 1 fully saturated rings. The Morgan fingerprint density at radius 2 is 2.25 bits per heavy atom. The Morgan fingerprint density at radius 3 is 2.75 bits per heavy atom. The Labute approximate surface area is 92.6 Å². The van der Waals surface area contributed by atoms with Crippen molar-refractivity contribution in [2.24, 2.45) is 0 Å². The van der Waals surface area contributed by atoms with Gasteiger partial charge in [0.15, 0.2) is 0 Å². The monoisotopic (exact) mass is 224 g/mol. The number of hydrogen-bond donors (Lipinski definition) is 1. The largest absolute Gasteiger partial charge is 0.314 e. The van der Waals surface area contributed by atoms with Gasteiger partial charge in [0.2, 0.25) is 0 Å². The first-order chi connectivity index (χ1) is 7.56. The van der Waals surface area contributed by atoms with Crippen molar-refractivity contribution < 1.29 is 9.31 Å². The maximum absolute atomic E-state index is 13.1. The average Bonchev–Trinajstić information content (AvgIpc) is 2.98. The van der Waals surface area contributed by atoms with Crippen molar-refractivity contribution in [1.82, 2.24) is 5.32 Å². The van der Waals surface area contributed by atoms with E-state index >= 15 is 0 Å². The van der Waals surface area contributed by atoms with Gasteiger partial charge in [-0.15, -0.1) is 0 Å². The zero-order valence-corrected chi connectivity index (χ0v) is 9.00. The van der Waals surface area contributed by atoms with Crippen molar-refractivity contribution in [3.05, 3.63) is 39.7 Å². The summed E-state index contributed by atoms with van der Waals surface area (Å²) in [6.45, 7) is 0. The van der Waals surface area contributed by atoms with Crippen LogP contribution in [-0.4, -0.2) is 17.5 Å². The second-order valence-electron chi connectivity index (χ2n) is 4.24. The molecule has 4 nitrogen and oxygen atoms in total. The van der Waals surface area contributed by atoms with Gasteiger partial charge in [0.25, 0.3) is 5.69 Å². The highest BCUT2D eigenvalue weighted by molar-refractivity contribution is 5.42. The van der Waals surface area contributed by atoms with Crippen molar-refractivity contribution in [1.29, 1.82) is 0 Å². The number of nitro groups is 1. The van der Waals surface area contributed by atoms with Crippen LogP contribution in [-0.2, 0) is 6.42 Å². The molecule has 1 aromatic carbocycles. The maximum Gasteiger partial charge on any atom is 0.272 e. The lowest BCUT2D eigenvalue weighted by Gasteiger charge is -2.13. The smallest absolute Gasteiger partial charge is 0.272 e. The first kappa shape index (κ1) is 11.0. The van der Waals surface area contributed by atoms with E-state index in [1.807, 2.05) is 7.05 Å². The SMILES string of the molecule is CNC1(Cc2cc(F)ccc2[N+](=O)[O-])CC1. The minimum Gasteiger partial charge on any atom is -0.314 e. The molecule has 0 spiro atoms. The van der Waals surface area contributed by atoms with E-state index in [9.17, 15) is 14.5 Å². The third-order valence-electron chi connectivity index (χ3n) is 3.15. The quantitative estimate of drug-likeness (QED) is 0.628. The van der Waals surface area contributed by atoms with Gasteiger partial charge in [-0.2, -0.15) is 0 Å². The van der Waals surface area contributed by atoms with E-state index in [2.05, 4.69) is 5.32 Å². The topological polar surface area (TPSA) is 55.2 Å². The van der Waals surface area contributed by atoms with Crippen LogP contribution in [0.3, 0.4) is 0 Å². The highest BCUT2D eigenvalue weighted by Crippen LogP contribution is 2.39. The fraction of sp³-hybridized carbons (Fsp3) is 0.455. The summed E-state index contributed by atoms with van der Waals surface area (Å²) in [5.41, 5.74) is 0.415. The Morgan fingerprint density at radius 1 is 1.56 bits per heavy atom. The fourth-order valence-corrected chi connectivity index (χ4v) is 1.90. The van der Waals surface area contributed by atoms with Crippen LogP contribution < -0.4 is 5.32 Å². The van der Waals surface area contributed by atoms with Crippen molar-refractivity contribution >= 4 is 5.69 Å². The Balaban J connectivity index is 2.31. The van der Waals surface area contributed by atoms with Crippen LogP contribution in [0.1, 0.15) is 18.4 Å². The molecule has 1 aromatic rings. The molecule has 86 valence electrons. The van der Waals surface area contributed by atoms with Gasteiger partial charge < -0.3 is 5.32 Å². The van der Waals surface area contributed by atoms with E-state index in [4.69, 9.17) is 0 Å². The van der Waals surface area contributed by atoms with Crippen LogP contribution in [0.15, 0.2) is 18.2 Å². The van der Waals surface area contributed by atoms with E-state index < -0.39 is 10.7 Å². The summed E-state index contributed by atoms with van der Waals surface area (Å²) < 4.78 is 13.1. The first-order valence-electron chi connectivity index (χ1n) is 5.18. The molecule has 1 aliphatic carbocycles. The molecule has 16 heavy (non-hydrogen) atoms. The summed E-state index contributed by atoms with van der Waals surface area (Å²) in [5.74, 6) is -0.424. The first-order valence-corrected chi connectivity index (χ1v) is 5.18. The van der Waals surface area contributed by atoms with Crippen LogP contribution in [0, 0.1) is 15.9 Å². The third kappa shape index (κ3) is 2.04. The number of hydrogen-bond acceptors (Lipinski definition) is 3. The summed E-state index contributed by atoms with van der Waals surface area (Å²) in [6.07, 6.45) is 2.48. The van der Waals surface area contributed by atoms with Crippen molar-refractivity contribution in [2.75, 3.05) is 7.05 Å². The Kier molecular flexibility index (Phi) is 2.63. The molecule has 0 atom stereocenters. The number of nitrogens with zero attached hydrogens (tertiary/aromatic N) is 1. The lowest BCUT2D eigenvalue weighted by Crippen LogP contribution is -2.29. The van der Waals surface area contributed by atoms with Gasteiger partial charge in [-0.05, 0) is 38.4 Å². The van der Waals surface area contributed by atoms with Crippen LogP contribution in [0.5, 0.6) is 0 Å². The van der Waals surface area contributed by atoms with Gasteiger partial charge in [-0.25, -0.2) is 4.39 Å². The van der Waals surface area contributed by atoms with Gasteiger partial charge in [-0.1, -0.05) is 0 Å². The Hall–Kier alpha value is -1.49. The molecule has 0 heterocycles. The highest BCUT2D eigenvalue weighted by Gasteiger charge is 2.42. The molecule has 2 rings (SSSR count). The molecule has 1 N–H and O–H groups in total. The molecule has 5 heteroatoms. The van der Waals surface area contributed by atoms with Gasteiger partial charge >= 0.3 is 0 Å². The molecule has 1 aliphatic rings. The lowest BCUT2D eigenvalue weighted by atomic mass is 10.0. The van der Waals surface area contributed by atoms with Crippen molar-refractivity contribution in [2.45, 2.75) is 24.8 Å². The second-order valence-corrected chi connectivity index (χ2v) is 4.24. The summed E-state index contributed by atoms with van der Waals surface area (Å²) >= 11 is 0. The van der Waals surface area contributed by atoms with Gasteiger partial charge in [0.1, 0.15) is 5.82 Å². The second kappa shape index (κ2) is 3.83. The normalized spacial score (nSPS) is 17.1. The fourth-order valence-electron chi connectivity index (χ4n) is 1.90. The number of likely N-dealkylation sites (N-methyl/N-ethyl adjacent to an activating group) is 1. The van der Waals surface area contributed by atoms with Crippen LogP contribution in [0.25, 0.3) is 0 Å². The molecule has 0 aliphatic heterocycles. The Bertz CT molecular complexity index is 430. The van der Waals surface area contributed by atoms with E-state index in [0.29, 0.717) is 12.0 Å². The molecule has 0 saturated heterocycles. The van der Waals surface area contributed by atoms with E-state index in [1.165, 1.54) is 12.1 Å². The van der Waals surface area contributed by atoms with Crippen LogP contribution in [0.2, 0.25) is 0 Å². The predicted octanol–water partition coefficient (Wildman–Crippen LogP) is 2.03. The third-order valence-corrected chi connectivity index (χ3v) is 3.15. The highest BCUT2D eigenvalue weighted by atomic mass is 19.1. The van der Waals surface area contributed by atoms with Crippen LogP contribution in [0.4, 0.5) is 10.1 Å². The standard InChI is InChI=1S/C11H13FN2O2/c1-13-11(4-5-11)7-8-6-9(12)2-3-10(8)14(15)16/h2-3,6,13H,4-5,7H2,1H3. The summed E-state index contributed by atoms with van der Waals surface area (Å²) in [4.78, 5) is 10.3. The average molecular weight is 224 g/mol. The minimum atomic E-state index is -0.458. The molecule has 0 bridgehead atoms.